The number of carbonyl (C=O) groups is 2. The van der Waals surface area contributed by atoms with Gasteiger partial charge in [0, 0.05) is 6.54 Å². The van der Waals surface area contributed by atoms with E-state index in [9.17, 15) is 9.59 Å². The molecule has 1 atom stereocenters. The summed E-state index contributed by atoms with van der Waals surface area (Å²) in [6, 6.07) is 7.94. The summed E-state index contributed by atoms with van der Waals surface area (Å²) in [5.74, 6) is -1.19. The first-order valence-electron chi connectivity index (χ1n) is 6.03. The van der Waals surface area contributed by atoms with Crippen molar-refractivity contribution in [3.05, 3.63) is 35.9 Å². The van der Waals surface area contributed by atoms with Gasteiger partial charge in [0.25, 0.3) is 0 Å². The molecular weight excluding hydrogens is 248 g/mol. The van der Waals surface area contributed by atoms with E-state index in [1.54, 1.807) is 12.1 Å². The van der Waals surface area contributed by atoms with Crippen molar-refractivity contribution in [3.8, 4) is 0 Å². The molecule has 0 aliphatic heterocycles. The zero-order valence-corrected chi connectivity index (χ0v) is 11.1. The standard InChI is InChI=1S/C11H14N2O4.C2H6/c12-6-9(10(14)15)13-11(16)17-7-8-4-2-1-3-5-8;1-2/h1-5,9H,6-7,12H2,(H,13,16)(H,14,15);1-2H3. The highest BCUT2D eigenvalue weighted by atomic mass is 16.5. The summed E-state index contributed by atoms with van der Waals surface area (Å²) in [6.07, 6.45) is -0.799. The Morgan fingerprint density at radius 1 is 1.32 bits per heavy atom. The molecule has 0 saturated heterocycles. The third kappa shape index (κ3) is 7.05. The third-order valence-electron chi connectivity index (χ3n) is 2.04. The molecule has 19 heavy (non-hydrogen) atoms. The van der Waals surface area contributed by atoms with Crippen LogP contribution in [0.15, 0.2) is 30.3 Å². The molecule has 106 valence electrons. The van der Waals surface area contributed by atoms with Crippen LogP contribution in [0.25, 0.3) is 0 Å². The minimum atomic E-state index is -1.19. The quantitative estimate of drug-likeness (QED) is 0.748. The minimum absolute atomic E-state index is 0.0869. The SMILES string of the molecule is CC.NCC(NC(=O)OCc1ccccc1)C(=O)O. The van der Waals surface area contributed by atoms with E-state index in [0.717, 1.165) is 5.56 Å². The van der Waals surface area contributed by atoms with Crippen LogP contribution in [0.5, 0.6) is 0 Å². The van der Waals surface area contributed by atoms with Crippen molar-refractivity contribution in [2.24, 2.45) is 5.73 Å². The fourth-order valence-electron chi connectivity index (χ4n) is 1.13. The lowest BCUT2D eigenvalue weighted by atomic mass is 10.2. The second-order valence-corrected chi connectivity index (χ2v) is 3.33. The number of carboxylic acids is 1. The Labute approximate surface area is 112 Å². The molecule has 1 aromatic rings. The van der Waals surface area contributed by atoms with Crippen molar-refractivity contribution in [2.45, 2.75) is 26.5 Å². The highest BCUT2D eigenvalue weighted by Gasteiger charge is 2.18. The maximum atomic E-state index is 11.2. The van der Waals surface area contributed by atoms with Crippen molar-refractivity contribution in [1.29, 1.82) is 0 Å². The maximum absolute atomic E-state index is 11.2. The summed E-state index contributed by atoms with van der Waals surface area (Å²) in [7, 11) is 0. The van der Waals surface area contributed by atoms with E-state index < -0.39 is 18.1 Å². The van der Waals surface area contributed by atoms with Crippen LogP contribution in [0.3, 0.4) is 0 Å². The lowest BCUT2D eigenvalue weighted by Crippen LogP contribution is -2.45. The number of hydrogen-bond donors (Lipinski definition) is 3. The molecule has 6 nitrogen and oxygen atoms in total. The highest BCUT2D eigenvalue weighted by Crippen LogP contribution is 2.00. The molecule has 1 aromatic carbocycles. The van der Waals surface area contributed by atoms with E-state index in [4.69, 9.17) is 15.6 Å². The number of nitrogens with two attached hydrogens (primary N) is 1. The van der Waals surface area contributed by atoms with Gasteiger partial charge in [0.15, 0.2) is 0 Å². The predicted octanol–water partition coefficient (Wildman–Crippen LogP) is 1.35. The fraction of sp³-hybridized carbons (Fsp3) is 0.385. The smallest absolute Gasteiger partial charge is 0.408 e. The third-order valence-corrected chi connectivity index (χ3v) is 2.04. The molecule has 0 spiro atoms. The van der Waals surface area contributed by atoms with Crippen molar-refractivity contribution in [1.82, 2.24) is 5.32 Å². The molecule has 4 N–H and O–H groups in total. The van der Waals surface area contributed by atoms with E-state index in [1.807, 2.05) is 32.0 Å². The Balaban J connectivity index is 0.00000154. The van der Waals surface area contributed by atoms with Gasteiger partial charge in [0.2, 0.25) is 0 Å². The van der Waals surface area contributed by atoms with Gasteiger partial charge in [-0.25, -0.2) is 9.59 Å². The highest BCUT2D eigenvalue weighted by molar-refractivity contribution is 5.80. The van der Waals surface area contributed by atoms with Crippen LogP contribution < -0.4 is 11.1 Å². The number of benzene rings is 1. The zero-order chi connectivity index (χ0) is 14.7. The van der Waals surface area contributed by atoms with E-state index in [1.165, 1.54) is 0 Å². The average molecular weight is 268 g/mol. The van der Waals surface area contributed by atoms with Gasteiger partial charge in [0.1, 0.15) is 12.6 Å². The molecule has 1 amide bonds. The molecule has 1 rings (SSSR count). The van der Waals surface area contributed by atoms with Crippen LogP contribution in [0.2, 0.25) is 0 Å². The summed E-state index contributed by atoms with van der Waals surface area (Å²) in [5.41, 5.74) is 6.00. The topological polar surface area (TPSA) is 102 Å². The van der Waals surface area contributed by atoms with Crippen molar-refractivity contribution in [2.75, 3.05) is 6.54 Å². The van der Waals surface area contributed by atoms with Gasteiger partial charge in [-0.2, -0.15) is 0 Å². The van der Waals surface area contributed by atoms with Gasteiger partial charge in [-0.3, -0.25) is 0 Å². The Bertz CT molecular complexity index is 381. The van der Waals surface area contributed by atoms with Crippen LogP contribution in [0, 0.1) is 0 Å². The number of ether oxygens (including phenoxy) is 1. The first kappa shape index (κ1) is 16.9. The van der Waals surface area contributed by atoms with E-state index in [0.29, 0.717) is 0 Å². The molecule has 0 aliphatic carbocycles. The molecular formula is C13H20N2O4. The summed E-state index contributed by atoms with van der Waals surface area (Å²) in [4.78, 5) is 21.8. The number of carboxylic acid groups (broad SMARTS) is 1. The minimum Gasteiger partial charge on any atom is -0.480 e. The molecule has 0 aromatic heterocycles. The molecule has 0 bridgehead atoms. The van der Waals surface area contributed by atoms with E-state index in [-0.39, 0.29) is 13.2 Å². The summed E-state index contributed by atoms with van der Waals surface area (Å²) in [5, 5.41) is 10.8. The van der Waals surface area contributed by atoms with Gasteiger partial charge in [0.05, 0.1) is 0 Å². The number of carbonyl (C=O) groups excluding carboxylic acids is 1. The zero-order valence-electron chi connectivity index (χ0n) is 11.1. The van der Waals surface area contributed by atoms with Crippen molar-refractivity contribution < 1.29 is 19.4 Å². The Morgan fingerprint density at radius 3 is 2.37 bits per heavy atom. The Hall–Kier alpha value is -2.08. The molecule has 0 heterocycles. The summed E-state index contributed by atoms with van der Waals surface area (Å²) >= 11 is 0. The number of alkyl carbamates (subject to hydrolysis) is 1. The lowest BCUT2D eigenvalue weighted by molar-refractivity contribution is -0.139. The molecule has 6 heteroatoms. The molecule has 0 saturated carbocycles. The molecule has 0 fully saturated rings. The Kier molecular flexibility index (Phi) is 8.82. The van der Waals surface area contributed by atoms with Crippen LogP contribution in [0.4, 0.5) is 4.79 Å². The number of amides is 1. The first-order valence-corrected chi connectivity index (χ1v) is 6.03. The van der Waals surface area contributed by atoms with Crippen molar-refractivity contribution in [3.63, 3.8) is 0 Å². The summed E-state index contributed by atoms with van der Waals surface area (Å²) in [6.45, 7) is 3.90. The van der Waals surface area contributed by atoms with Gasteiger partial charge in [-0.1, -0.05) is 44.2 Å². The second kappa shape index (κ2) is 9.90. The Morgan fingerprint density at radius 2 is 1.89 bits per heavy atom. The van der Waals surface area contributed by atoms with Crippen LogP contribution in [-0.4, -0.2) is 29.8 Å². The van der Waals surface area contributed by atoms with Gasteiger partial charge < -0.3 is 20.9 Å². The largest absolute Gasteiger partial charge is 0.480 e. The lowest BCUT2D eigenvalue weighted by Gasteiger charge is -2.12. The van der Waals surface area contributed by atoms with Crippen molar-refractivity contribution >= 4 is 12.1 Å². The van der Waals surface area contributed by atoms with Crippen LogP contribution in [0.1, 0.15) is 19.4 Å². The second-order valence-electron chi connectivity index (χ2n) is 3.33. The number of nitrogens with one attached hydrogen (secondary N) is 1. The van der Waals surface area contributed by atoms with Gasteiger partial charge in [-0.05, 0) is 5.56 Å². The number of rotatable bonds is 5. The maximum Gasteiger partial charge on any atom is 0.408 e. The monoisotopic (exact) mass is 268 g/mol. The van der Waals surface area contributed by atoms with Gasteiger partial charge >= 0.3 is 12.1 Å². The predicted molar refractivity (Wildman–Crippen MR) is 71.6 cm³/mol. The van der Waals surface area contributed by atoms with Crippen LogP contribution >= 0.6 is 0 Å². The number of aliphatic carboxylic acids is 1. The molecule has 0 aliphatic rings. The van der Waals surface area contributed by atoms with Crippen LogP contribution in [-0.2, 0) is 16.1 Å². The summed E-state index contributed by atoms with van der Waals surface area (Å²) < 4.78 is 4.84. The fourth-order valence-corrected chi connectivity index (χ4v) is 1.13. The normalized spacial score (nSPS) is 10.7. The number of hydrogen-bond acceptors (Lipinski definition) is 4. The van der Waals surface area contributed by atoms with E-state index >= 15 is 0 Å². The van der Waals surface area contributed by atoms with E-state index in [2.05, 4.69) is 5.32 Å². The molecule has 1 unspecified atom stereocenters. The average Bonchev–Trinajstić information content (AvgIpc) is 2.45. The van der Waals surface area contributed by atoms with Gasteiger partial charge in [-0.15, -0.1) is 0 Å². The first-order chi connectivity index (χ1) is 9.13. The molecule has 0 radical (unpaired) electrons.